The van der Waals surface area contributed by atoms with Crippen molar-refractivity contribution in [3.05, 3.63) is 16.2 Å². The monoisotopic (exact) mass is 340 g/mol. The zero-order valence-corrected chi connectivity index (χ0v) is 12.8. The number of rotatable bonds is 2. The van der Waals surface area contributed by atoms with Crippen molar-refractivity contribution in [2.45, 2.75) is 6.42 Å². The minimum atomic E-state index is 0.0541. The Morgan fingerprint density at radius 2 is 2.42 bits per heavy atom. The van der Waals surface area contributed by atoms with Crippen LogP contribution in [0.2, 0.25) is 0 Å². The van der Waals surface area contributed by atoms with Crippen LogP contribution in [-0.4, -0.2) is 36.0 Å². The van der Waals surface area contributed by atoms with E-state index in [1.807, 2.05) is 6.07 Å². The van der Waals surface area contributed by atoms with Crippen molar-refractivity contribution < 1.29 is 4.79 Å². The number of fused-ring (bicyclic) bond motifs is 1. The summed E-state index contributed by atoms with van der Waals surface area (Å²) >= 11 is 5.11. The van der Waals surface area contributed by atoms with Crippen LogP contribution in [0.3, 0.4) is 0 Å². The van der Waals surface area contributed by atoms with Crippen LogP contribution < -0.4 is 10.2 Å². The van der Waals surface area contributed by atoms with Crippen LogP contribution in [0, 0.1) is 5.92 Å². The summed E-state index contributed by atoms with van der Waals surface area (Å²) in [4.78, 5) is 22.5. The van der Waals surface area contributed by atoms with Crippen LogP contribution in [0.15, 0.2) is 16.2 Å². The molecule has 3 heterocycles. The molecule has 1 amide bonds. The maximum absolute atomic E-state index is 11.7. The Labute approximate surface area is 123 Å². The van der Waals surface area contributed by atoms with Gasteiger partial charge >= 0.3 is 0 Å². The Morgan fingerprint density at radius 1 is 1.58 bits per heavy atom. The normalized spacial score (nSPS) is 19.1. The van der Waals surface area contributed by atoms with Crippen LogP contribution in [0.25, 0.3) is 10.2 Å². The van der Waals surface area contributed by atoms with Crippen molar-refractivity contribution >= 4 is 49.2 Å². The first-order chi connectivity index (χ1) is 9.19. The molecule has 1 N–H and O–H groups in total. The maximum atomic E-state index is 11.7. The number of amides is 1. The van der Waals surface area contributed by atoms with Gasteiger partial charge in [-0.3, -0.25) is 4.79 Å². The van der Waals surface area contributed by atoms with Gasteiger partial charge in [0.1, 0.15) is 12.1 Å². The highest BCUT2D eigenvalue weighted by molar-refractivity contribution is 9.11. The molecule has 3 rings (SSSR count). The smallest absolute Gasteiger partial charge is 0.224 e. The molecule has 7 heteroatoms. The highest BCUT2D eigenvalue weighted by Gasteiger charge is 2.29. The van der Waals surface area contributed by atoms with E-state index in [2.05, 4.69) is 36.1 Å². The summed E-state index contributed by atoms with van der Waals surface area (Å²) in [5.41, 5.74) is 0.949. The Bertz CT molecular complexity index is 629. The second-order valence-electron chi connectivity index (χ2n) is 4.51. The molecule has 100 valence electrons. The van der Waals surface area contributed by atoms with Gasteiger partial charge in [-0.15, -0.1) is 11.3 Å². The average Bonchev–Trinajstić information content (AvgIpc) is 3.02. The van der Waals surface area contributed by atoms with Crippen molar-refractivity contribution in [1.29, 1.82) is 0 Å². The lowest BCUT2D eigenvalue weighted by Crippen LogP contribution is -2.30. The highest BCUT2D eigenvalue weighted by Crippen LogP contribution is 2.35. The van der Waals surface area contributed by atoms with E-state index in [1.165, 1.54) is 0 Å². The minimum absolute atomic E-state index is 0.0541. The number of hydrogen-bond donors (Lipinski definition) is 1. The molecule has 1 aliphatic heterocycles. The standard InChI is InChI=1S/C12H13BrN4OS/c1-14-12(18)7-2-3-17(5-7)11-10-8(15-6-16-11)4-9(13)19-10/h4,6-7H,2-3,5H2,1H3,(H,14,18). The highest BCUT2D eigenvalue weighted by atomic mass is 79.9. The molecule has 0 saturated carbocycles. The number of carbonyl (C=O) groups is 1. The van der Waals surface area contributed by atoms with E-state index in [9.17, 15) is 4.79 Å². The van der Waals surface area contributed by atoms with E-state index >= 15 is 0 Å². The predicted octanol–water partition coefficient (Wildman–Crippen LogP) is 2.03. The molecule has 1 aliphatic rings. The van der Waals surface area contributed by atoms with Crippen LogP contribution in [-0.2, 0) is 4.79 Å². The third-order valence-electron chi connectivity index (χ3n) is 3.37. The van der Waals surface area contributed by atoms with Crippen molar-refractivity contribution in [3.63, 3.8) is 0 Å². The largest absolute Gasteiger partial charge is 0.359 e. The van der Waals surface area contributed by atoms with Gasteiger partial charge in [0.2, 0.25) is 5.91 Å². The molecular weight excluding hydrogens is 328 g/mol. The fourth-order valence-electron chi connectivity index (χ4n) is 2.41. The van der Waals surface area contributed by atoms with E-state index in [0.717, 1.165) is 39.3 Å². The summed E-state index contributed by atoms with van der Waals surface area (Å²) in [6, 6.07) is 2.00. The maximum Gasteiger partial charge on any atom is 0.224 e. The second-order valence-corrected chi connectivity index (χ2v) is 6.94. The molecule has 5 nitrogen and oxygen atoms in total. The Hall–Kier alpha value is -1.21. The molecule has 1 atom stereocenters. The third-order valence-corrected chi connectivity index (χ3v) is 4.99. The Balaban J connectivity index is 1.91. The number of carbonyl (C=O) groups excluding carboxylic acids is 1. The summed E-state index contributed by atoms with van der Waals surface area (Å²) in [6.07, 6.45) is 2.46. The lowest BCUT2D eigenvalue weighted by Gasteiger charge is -2.17. The van der Waals surface area contributed by atoms with Crippen molar-refractivity contribution in [1.82, 2.24) is 15.3 Å². The second kappa shape index (κ2) is 5.05. The topological polar surface area (TPSA) is 58.1 Å². The van der Waals surface area contributed by atoms with Crippen LogP contribution in [0.1, 0.15) is 6.42 Å². The van der Waals surface area contributed by atoms with Gasteiger partial charge in [0.25, 0.3) is 0 Å². The van der Waals surface area contributed by atoms with Gasteiger partial charge in [0, 0.05) is 20.1 Å². The molecule has 0 spiro atoms. The average molecular weight is 341 g/mol. The Morgan fingerprint density at radius 3 is 3.21 bits per heavy atom. The molecule has 1 unspecified atom stereocenters. The van der Waals surface area contributed by atoms with Gasteiger partial charge in [-0.1, -0.05) is 0 Å². The summed E-state index contributed by atoms with van der Waals surface area (Å²) in [6.45, 7) is 1.58. The van der Waals surface area contributed by atoms with Crippen molar-refractivity contribution in [3.8, 4) is 0 Å². The minimum Gasteiger partial charge on any atom is -0.359 e. The number of aromatic nitrogens is 2. The zero-order chi connectivity index (χ0) is 13.4. The van der Waals surface area contributed by atoms with E-state index in [1.54, 1.807) is 24.7 Å². The number of thiophene rings is 1. The third kappa shape index (κ3) is 2.32. The van der Waals surface area contributed by atoms with Gasteiger partial charge < -0.3 is 10.2 Å². The van der Waals surface area contributed by atoms with Gasteiger partial charge in [-0.05, 0) is 28.4 Å². The summed E-state index contributed by atoms with van der Waals surface area (Å²) in [5.74, 6) is 1.10. The van der Waals surface area contributed by atoms with Crippen molar-refractivity contribution in [2.75, 3.05) is 25.0 Å². The van der Waals surface area contributed by atoms with E-state index in [0.29, 0.717) is 0 Å². The van der Waals surface area contributed by atoms with Gasteiger partial charge in [0.05, 0.1) is 19.9 Å². The van der Waals surface area contributed by atoms with Crippen LogP contribution in [0.4, 0.5) is 5.82 Å². The molecule has 0 radical (unpaired) electrons. The Kier molecular flexibility index (Phi) is 3.40. The molecule has 2 aromatic heterocycles. The summed E-state index contributed by atoms with van der Waals surface area (Å²) < 4.78 is 2.12. The molecule has 2 aromatic rings. The number of nitrogens with zero attached hydrogens (tertiary/aromatic N) is 3. The number of hydrogen-bond acceptors (Lipinski definition) is 5. The fraction of sp³-hybridized carbons (Fsp3) is 0.417. The number of anilines is 1. The van der Waals surface area contributed by atoms with Crippen molar-refractivity contribution in [2.24, 2.45) is 5.92 Å². The fourth-order valence-corrected chi connectivity index (χ4v) is 3.97. The summed E-state index contributed by atoms with van der Waals surface area (Å²) in [5, 5.41) is 2.72. The quantitative estimate of drug-likeness (QED) is 0.908. The number of halogens is 1. The summed E-state index contributed by atoms with van der Waals surface area (Å²) in [7, 11) is 1.68. The van der Waals surface area contributed by atoms with E-state index in [-0.39, 0.29) is 11.8 Å². The lowest BCUT2D eigenvalue weighted by molar-refractivity contribution is -0.123. The first-order valence-electron chi connectivity index (χ1n) is 6.05. The SMILES string of the molecule is CNC(=O)C1CCN(c2ncnc3cc(Br)sc23)C1. The van der Waals surface area contributed by atoms with Gasteiger partial charge in [-0.2, -0.15) is 0 Å². The van der Waals surface area contributed by atoms with E-state index in [4.69, 9.17) is 0 Å². The molecule has 0 aromatic carbocycles. The van der Waals surface area contributed by atoms with Crippen LogP contribution in [0.5, 0.6) is 0 Å². The van der Waals surface area contributed by atoms with E-state index < -0.39 is 0 Å². The lowest BCUT2D eigenvalue weighted by atomic mass is 10.1. The van der Waals surface area contributed by atoms with Crippen LogP contribution >= 0.6 is 27.3 Å². The predicted molar refractivity (Wildman–Crippen MR) is 79.5 cm³/mol. The molecule has 0 aliphatic carbocycles. The van der Waals surface area contributed by atoms with Gasteiger partial charge in [-0.25, -0.2) is 9.97 Å². The molecule has 0 bridgehead atoms. The first-order valence-corrected chi connectivity index (χ1v) is 7.66. The van der Waals surface area contributed by atoms with Gasteiger partial charge in [0.15, 0.2) is 0 Å². The first kappa shape index (κ1) is 12.8. The zero-order valence-electron chi connectivity index (χ0n) is 10.4. The molecular formula is C12H13BrN4OS. The molecule has 1 fully saturated rings. The number of nitrogens with one attached hydrogen (secondary N) is 1. The molecule has 19 heavy (non-hydrogen) atoms. The molecule has 1 saturated heterocycles.